The fourth-order valence-electron chi connectivity index (χ4n) is 4.08. The van der Waals surface area contributed by atoms with E-state index in [1.807, 2.05) is 30.3 Å². The molecule has 1 heterocycles. The zero-order valence-electron chi connectivity index (χ0n) is 16.1. The Bertz CT molecular complexity index is 1510. The van der Waals surface area contributed by atoms with E-state index in [1.165, 1.54) is 18.2 Å². The van der Waals surface area contributed by atoms with Gasteiger partial charge in [0, 0.05) is 16.3 Å². The van der Waals surface area contributed by atoms with E-state index in [-0.39, 0.29) is 16.8 Å². The van der Waals surface area contributed by atoms with E-state index in [2.05, 4.69) is 0 Å². The minimum absolute atomic E-state index is 0.0120. The minimum atomic E-state index is -2.24. The molecule has 0 saturated carbocycles. The number of fused-ring (bicyclic) bond motifs is 3. The second-order valence-electron chi connectivity index (χ2n) is 7.13. The molecule has 0 saturated heterocycles. The van der Waals surface area contributed by atoms with Gasteiger partial charge in [0.2, 0.25) is 5.82 Å². The van der Waals surface area contributed by atoms with Crippen LogP contribution in [0.5, 0.6) is 0 Å². The van der Waals surface area contributed by atoms with Crippen molar-refractivity contribution in [2.75, 3.05) is 0 Å². The summed E-state index contributed by atoms with van der Waals surface area (Å²) in [5.74, 6) is -10.3. The summed E-state index contributed by atoms with van der Waals surface area (Å²) in [5.41, 5.74) is -0.115. The molecule has 0 unspecified atom stereocenters. The maximum atomic E-state index is 14.8. The monoisotopic (exact) mass is 434 g/mol. The molecule has 0 N–H and O–H groups in total. The van der Waals surface area contributed by atoms with Crippen molar-refractivity contribution in [1.82, 2.24) is 4.57 Å². The van der Waals surface area contributed by atoms with E-state index in [9.17, 15) is 27.2 Å². The van der Waals surface area contributed by atoms with E-state index in [0.29, 0.717) is 11.0 Å². The molecule has 0 radical (unpaired) electrons. The summed E-state index contributed by atoms with van der Waals surface area (Å²) in [6, 6.07) is 20.3. The van der Waals surface area contributed by atoms with Crippen LogP contribution in [-0.2, 0) is 0 Å². The van der Waals surface area contributed by atoms with Crippen LogP contribution in [0.1, 0.15) is 5.56 Å². The Morgan fingerprint density at radius 2 is 1.09 bits per heavy atom. The van der Waals surface area contributed by atoms with Crippen LogP contribution in [0.25, 0.3) is 38.6 Å². The first kappa shape index (κ1) is 19.8. The third kappa shape index (κ3) is 2.63. The summed E-state index contributed by atoms with van der Waals surface area (Å²) in [7, 11) is 0. The summed E-state index contributed by atoms with van der Waals surface area (Å²) in [4.78, 5) is 0. The Morgan fingerprint density at radius 3 is 1.62 bits per heavy atom. The molecule has 0 aliphatic rings. The number of benzene rings is 4. The maximum Gasteiger partial charge on any atom is 0.200 e. The Morgan fingerprint density at radius 1 is 0.594 bits per heavy atom. The van der Waals surface area contributed by atoms with Crippen molar-refractivity contribution in [2.24, 2.45) is 0 Å². The number of nitrogens with zero attached hydrogens (tertiary/aromatic N) is 2. The summed E-state index contributed by atoms with van der Waals surface area (Å²) in [5, 5.41) is 11.4. The highest BCUT2D eigenvalue weighted by atomic mass is 19.2. The number of hydrogen-bond donors (Lipinski definition) is 0. The van der Waals surface area contributed by atoms with Crippen molar-refractivity contribution < 1.29 is 22.0 Å². The Hall–Kier alpha value is -4.18. The Labute approximate surface area is 178 Å². The van der Waals surface area contributed by atoms with Gasteiger partial charge in [-0.3, -0.25) is 0 Å². The van der Waals surface area contributed by atoms with Crippen molar-refractivity contribution >= 4 is 21.8 Å². The Balaban J connectivity index is 2.00. The van der Waals surface area contributed by atoms with Gasteiger partial charge in [0.25, 0.3) is 0 Å². The summed E-state index contributed by atoms with van der Waals surface area (Å²) >= 11 is 0. The summed E-state index contributed by atoms with van der Waals surface area (Å²) in [6.45, 7) is 0. The molecule has 0 aliphatic carbocycles. The molecule has 0 fully saturated rings. The third-order valence-corrected chi connectivity index (χ3v) is 5.44. The first-order valence-electron chi connectivity index (χ1n) is 9.49. The molecule has 0 amide bonds. The number of para-hydroxylation sites is 3. The van der Waals surface area contributed by atoms with Crippen molar-refractivity contribution in [2.45, 2.75) is 0 Å². The largest absolute Gasteiger partial charge is 0.307 e. The molecule has 7 heteroatoms. The standard InChI is InChI=1S/C25H11F5N2/c26-20-19(21(27)23(29)24(30)22(20)28)16-9-5-6-13(12-31)25(16)32-17-10-3-1-7-14(17)15-8-2-4-11-18(15)32/h1-11H. The average Bonchev–Trinajstić information content (AvgIpc) is 3.15. The SMILES string of the molecule is N#Cc1cccc(-c2c(F)c(F)c(F)c(F)c2F)c1-n1c2ccccc2c2ccccc21. The van der Waals surface area contributed by atoms with Crippen LogP contribution >= 0.6 is 0 Å². The zero-order valence-corrected chi connectivity index (χ0v) is 16.1. The van der Waals surface area contributed by atoms with E-state index < -0.39 is 34.6 Å². The van der Waals surface area contributed by atoms with E-state index in [0.717, 1.165) is 10.8 Å². The predicted octanol–water partition coefficient (Wildman–Crippen LogP) is 7.02. The minimum Gasteiger partial charge on any atom is -0.307 e. The van der Waals surface area contributed by atoms with Gasteiger partial charge in [-0.1, -0.05) is 48.5 Å². The fourth-order valence-corrected chi connectivity index (χ4v) is 4.08. The lowest BCUT2D eigenvalue weighted by Crippen LogP contribution is -2.07. The van der Waals surface area contributed by atoms with E-state index >= 15 is 0 Å². The number of nitriles is 1. The first-order valence-corrected chi connectivity index (χ1v) is 9.49. The molecule has 0 spiro atoms. The van der Waals surface area contributed by atoms with Crippen LogP contribution in [-0.4, -0.2) is 4.57 Å². The lowest BCUT2D eigenvalue weighted by molar-refractivity contribution is 0.381. The normalized spacial score (nSPS) is 11.2. The molecular weight excluding hydrogens is 423 g/mol. The maximum absolute atomic E-state index is 14.8. The highest BCUT2D eigenvalue weighted by molar-refractivity contribution is 6.10. The van der Waals surface area contributed by atoms with Gasteiger partial charge in [0.15, 0.2) is 23.3 Å². The smallest absolute Gasteiger partial charge is 0.200 e. The molecule has 0 atom stereocenters. The highest BCUT2D eigenvalue weighted by Crippen LogP contribution is 2.40. The molecule has 0 bridgehead atoms. The summed E-state index contributed by atoms with van der Waals surface area (Å²) in [6.07, 6.45) is 0. The molecular formula is C25H11F5N2. The van der Waals surface area contributed by atoms with Crippen LogP contribution in [0.15, 0.2) is 66.7 Å². The van der Waals surface area contributed by atoms with Crippen molar-refractivity contribution in [3.05, 3.63) is 101 Å². The number of hydrogen-bond acceptors (Lipinski definition) is 1. The van der Waals surface area contributed by atoms with Crippen molar-refractivity contribution in [3.8, 4) is 22.9 Å². The van der Waals surface area contributed by atoms with Crippen LogP contribution in [0.4, 0.5) is 22.0 Å². The van der Waals surface area contributed by atoms with Gasteiger partial charge >= 0.3 is 0 Å². The Kier molecular flexibility index (Phi) is 4.45. The first-order chi connectivity index (χ1) is 15.5. The molecule has 5 aromatic rings. The lowest BCUT2D eigenvalue weighted by Gasteiger charge is -2.17. The van der Waals surface area contributed by atoms with Gasteiger partial charge in [0.05, 0.1) is 27.8 Å². The number of aromatic nitrogens is 1. The van der Waals surface area contributed by atoms with Gasteiger partial charge < -0.3 is 4.57 Å². The molecule has 156 valence electrons. The van der Waals surface area contributed by atoms with Gasteiger partial charge in [-0.2, -0.15) is 5.26 Å². The second kappa shape index (κ2) is 7.20. The fraction of sp³-hybridized carbons (Fsp3) is 0. The van der Waals surface area contributed by atoms with Crippen LogP contribution in [0.2, 0.25) is 0 Å². The van der Waals surface area contributed by atoms with E-state index in [4.69, 9.17) is 0 Å². The molecule has 32 heavy (non-hydrogen) atoms. The number of rotatable bonds is 2. The lowest BCUT2D eigenvalue weighted by atomic mass is 9.98. The van der Waals surface area contributed by atoms with Gasteiger partial charge in [-0.15, -0.1) is 0 Å². The molecule has 5 rings (SSSR count). The van der Waals surface area contributed by atoms with Crippen LogP contribution < -0.4 is 0 Å². The van der Waals surface area contributed by atoms with Crippen LogP contribution in [0, 0.1) is 40.4 Å². The molecule has 4 aromatic carbocycles. The molecule has 0 aliphatic heterocycles. The molecule has 1 aromatic heterocycles. The predicted molar refractivity (Wildman–Crippen MR) is 111 cm³/mol. The van der Waals surface area contributed by atoms with Gasteiger partial charge in [0.1, 0.15) is 6.07 Å². The average molecular weight is 434 g/mol. The topological polar surface area (TPSA) is 28.7 Å². The van der Waals surface area contributed by atoms with Gasteiger partial charge in [-0.25, -0.2) is 22.0 Å². The third-order valence-electron chi connectivity index (χ3n) is 5.44. The van der Waals surface area contributed by atoms with E-state index in [1.54, 1.807) is 28.8 Å². The zero-order chi connectivity index (χ0) is 22.6. The highest BCUT2D eigenvalue weighted by Gasteiger charge is 2.29. The second-order valence-corrected chi connectivity index (χ2v) is 7.13. The summed E-state index contributed by atoms with van der Waals surface area (Å²) < 4.78 is 72.8. The van der Waals surface area contributed by atoms with Crippen molar-refractivity contribution in [1.29, 1.82) is 5.26 Å². The van der Waals surface area contributed by atoms with Crippen molar-refractivity contribution in [3.63, 3.8) is 0 Å². The number of halogens is 5. The van der Waals surface area contributed by atoms with Crippen LogP contribution in [0.3, 0.4) is 0 Å². The van der Waals surface area contributed by atoms with Gasteiger partial charge in [-0.05, 0) is 18.2 Å². The quantitative estimate of drug-likeness (QED) is 0.167. The molecule has 2 nitrogen and oxygen atoms in total.